The van der Waals surface area contributed by atoms with Crippen molar-refractivity contribution in [2.75, 3.05) is 0 Å². The molecule has 0 saturated heterocycles. The molecular formula is C23H28BN7O5. The predicted octanol–water partition coefficient (Wildman–Crippen LogP) is -0.476. The van der Waals surface area contributed by atoms with Crippen LogP contribution in [0, 0.1) is 0 Å². The first-order valence-corrected chi connectivity index (χ1v) is 11.4. The third kappa shape index (κ3) is 8.60. The number of aromatic nitrogens is 4. The van der Waals surface area contributed by atoms with Crippen LogP contribution in [-0.2, 0) is 22.6 Å². The Hall–Kier alpha value is -4.10. The zero-order chi connectivity index (χ0) is 25.8. The van der Waals surface area contributed by atoms with Gasteiger partial charge in [-0.2, -0.15) is 5.10 Å². The molecule has 0 spiro atoms. The van der Waals surface area contributed by atoms with Crippen molar-refractivity contribution < 1.29 is 24.4 Å². The van der Waals surface area contributed by atoms with E-state index in [1.807, 2.05) is 30.3 Å². The summed E-state index contributed by atoms with van der Waals surface area (Å²) < 4.78 is 0. The van der Waals surface area contributed by atoms with E-state index in [1.165, 1.54) is 18.6 Å². The fourth-order valence-electron chi connectivity index (χ4n) is 3.44. The van der Waals surface area contributed by atoms with E-state index in [0.717, 1.165) is 11.1 Å². The van der Waals surface area contributed by atoms with Crippen LogP contribution in [0.25, 0.3) is 0 Å². The average Bonchev–Trinajstić information content (AvgIpc) is 3.41. The number of nitrogens with one attached hydrogen (secondary N) is 4. The number of nitrogens with zero attached hydrogens (tertiary/aromatic N) is 3. The van der Waals surface area contributed by atoms with Crippen molar-refractivity contribution in [1.29, 1.82) is 0 Å². The number of hydrogen-bond donors (Lipinski definition) is 6. The van der Waals surface area contributed by atoms with Crippen molar-refractivity contribution >= 4 is 24.8 Å². The first-order valence-electron chi connectivity index (χ1n) is 11.4. The van der Waals surface area contributed by atoms with Gasteiger partial charge in [-0.1, -0.05) is 30.3 Å². The molecule has 6 N–H and O–H groups in total. The first-order chi connectivity index (χ1) is 17.4. The summed E-state index contributed by atoms with van der Waals surface area (Å²) in [6.45, 7) is 0.180. The Morgan fingerprint density at radius 1 is 1.03 bits per heavy atom. The van der Waals surface area contributed by atoms with Gasteiger partial charge in [0.15, 0.2) is 0 Å². The summed E-state index contributed by atoms with van der Waals surface area (Å²) in [5, 5.41) is 33.8. The largest absolute Gasteiger partial charge is 0.475 e. The number of amides is 3. The minimum atomic E-state index is -1.82. The number of carbonyl (C=O) groups is 3. The Balaban J connectivity index is 1.63. The van der Waals surface area contributed by atoms with E-state index in [2.05, 4.69) is 36.1 Å². The maximum atomic E-state index is 13.0. The molecule has 3 aromatic rings. The molecule has 3 rings (SSSR count). The third-order valence-electron chi connectivity index (χ3n) is 5.36. The van der Waals surface area contributed by atoms with Gasteiger partial charge in [0.2, 0.25) is 11.8 Å². The van der Waals surface area contributed by atoms with Crippen molar-refractivity contribution in [3.63, 3.8) is 0 Å². The van der Waals surface area contributed by atoms with Gasteiger partial charge in [-0.3, -0.25) is 24.5 Å². The van der Waals surface area contributed by atoms with Crippen LogP contribution < -0.4 is 16.0 Å². The average molecular weight is 493 g/mol. The van der Waals surface area contributed by atoms with Gasteiger partial charge in [0, 0.05) is 30.7 Å². The van der Waals surface area contributed by atoms with E-state index in [0.29, 0.717) is 12.8 Å². The van der Waals surface area contributed by atoms with Gasteiger partial charge in [0.05, 0.1) is 24.8 Å². The minimum absolute atomic E-state index is 0.0318. The molecule has 0 unspecified atom stereocenters. The zero-order valence-electron chi connectivity index (χ0n) is 19.5. The second-order valence-electron chi connectivity index (χ2n) is 8.11. The number of benzene rings is 1. The number of aryl methyl sites for hydroxylation is 1. The summed E-state index contributed by atoms with van der Waals surface area (Å²) >= 11 is 0. The molecule has 0 aliphatic rings. The maximum Gasteiger partial charge on any atom is 0.475 e. The molecule has 12 nitrogen and oxygen atoms in total. The van der Waals surface area contributed by atoms with Gasteiger partial charge < -0.3 is 26.0 Å². The third-order valence-corrected chi connectivity index (χ3v) is 5.36. The molecule has 188 valence electrons. The summed E-state index contributed by atoms with van der Waals surface area (Å²) in [6.07, 6.45) is 8.26. The van der Waals surface area contributed by atoms with Gasteiger partial charge in [0.1, 0.15) is 11.7 Å². The van der Waals surface area contributed by atoms with E-state index in [9.17, 15) is 24.4 Å². The van der Waals surface area contributed by atoms with Gasteiger partial charge in [-0.05, 0) is 24.8 Å². The van der Waals surface area contributed by atoms with Crippen molar-refractivity contribution in [3.05, 3.63) is 78.1 Å². The topological polar surface area (TPSA) is 182 Å². The number of carbonyl (C=O) groups excluding carboxylic acids is 3. The molecule has 0 aliphatic carbocycles. The standard InChI is InChI=1S/C23H28BN7O5/c32-21(27-12-17-13-28-29-14-17)11-18(30-23(34)19-15-25-9-10-26-19)22(33)31-20(24(35)36)8-4-7-16-5-2-1-3-6-16/h1-3,5-6,9-10,13-15,18,20,35-36H,4,7-8,11-12H2,(H,27,32)(H,28,29)(H,30,34)(H,31,33)/t18-,20+/m1/s1. The van der Waals surface area contributed by atoms with Crippen LogP contribution >= 0.6 is 0 Å². The number of aromatic amines is 1. The Bertz CT molecular complexity index is 1100. The molecule has 0 fully saturated rings. The van der Waals surface area contributed by atoms with Crippen LogP contribution in [0.5, 0.6) is 0 Å². The lowest BCUT2D eigenvalue weighted by Gasteiger charge is -2.23. The van der Waals surface area contributed by atoms with E-state index in [-0.39, 0.29) is 25.1 Å². The molecule has 0 saturated carbocycles. The van der Waals surface area contributed by atoms with Crippen LogP contribution in [0.1, 0.15) is 40.9 Å². The Kier molecular flexibility index (Phi) is 10.1. The van der Waals surface area contributed by atoms with Gasteiger partial charge >= 0.3 is 7.12 Å². The molecule has 3 amide bonds. The van der Waals surface area contributed by atoms with Gasteiger partial charge in [0.25, 0.3) is 5.91 Å². The van der Waals surface area contributed by atoms with Crippen LogP contribution in [-0.4, -0.2) is 67.0 Å². The lowest BCUT2D eigenvalue weighted by molar-refractivity contribution is -0.128. The zero-order valence-corrected chi connectivity index (χ0v) is 19.5. The van der Waals surface area contributed by atoms with Crippen molar-refractivity contribution in [3.8, 4) is 0 Å². The number of hydrogen-bond acceptors (Lipinski definition) is 8. The van der Waals surface area contributed by atoms with Crippen molar-refractivity contribution in [2.45, 2.75) is 44.2 Å². The lowest BCUT2D eigenvalue weighted by atomic mass is 9.76. The summed E-state index contributed by atoms with van der Waals surface area (Å²) in [6, 6.07) is 8.37. The van der Waals surface area contributed by atoms with Crippen LogP contribution in [0.2, 0.25) is 0 Å². The highest BCUT2D eigenvalue weighted by atomic mass is 16.4. The van der Waals surface area contributed by atoms with E-state index in [1.54, 1.807) is 12.4 Å². The Morgan fingerprint density at radius 3 is 2.50 bits per heavy atom. The van der Waals surface area contributed by atoms with Crippen molar-refractivity contribution in [1.82, 2.24) is 36.1 Å². The van der Waals surface area contributed by atoms with E-state index in [4.69, 9.17) is 0 Å². The molecule has 0 radical (unpaired) electrons. The van der Waals surface area contributed by atoms with Crippen LogP contribution in [0.4, 0.5) is 0 Å². The van der Waals surface area contributed by atoms with Gasteiger partial charge in [-0.25, -0.2) is 4.98 Å². The molecule has 36 heavy (non-hydrogen) atoms. The molecule has 2 heterocycles. The fraction of sp³-hybridized carbons (Fsp3) is 0.304. The fourth-order valence-corrected chi connectivity index (χ4v) is 3.44. The van der Waals surface area contributed by atoms with Crippen LogP contribution in [0.15, 0.2) is 61.3 Å². The molecule has 0 aliphatic heterocycles. The monoisotopic (exact) mass is 493 g/mol. The normalized spacial score (nSPS) is 12.3. The van der Waals surface area contributed by atoms with E-state index < -0.39 is 36.8 Å². The SMILES string of the molecule is O=C(C[C@@H](NC(=O)c1cnccn1)C(=O)N[C@@H](CCCc1ccccc1)B(O)O)NCc1cn[nH]c1. The maximum absolute atomic E-state index is 13.0. The molecular weight excluding hydrogens is 465 g/mol. The summed E-state index contributed by atoms with van der Waals surface area (Å²) in [5.74, 6) is -2.92. The molecule has 2 atom stereocenters. The van der Waals surface area contributed by atoms with Crippen molar-refractivity contribution in [2.24, 2.45) is 0 Å². The minimum Gasteiger partial charge on any atom is -0.426 e. The number of rotatable bonds is 13. The first kappa shape index (κ1) is 26.5. The highest BCUT2D eigenvalue weighted by Crippen LogP contribution is 2.08. The Labute approximate surface area is 208 Å². The highest BCUT2D eigenvalue weighted by molar-refractivity contribution is 6.43. The predicted molar refractivity (Wildman–Crippen MR) is 130 cm³/mol. The second kappa shape index (κ2) is 13.7. The summed E-state index contributed by atoms with van der Waals surface area (Å²) in [4.78, 5) is 45.9. The Morgan fingerprint density at radius 2 is 1.83 bits per heavy atom. The smallest absolute Gasteiger partial charge is 0.426 e. The highest BCUT2D eigenvalue weighted by Gasteiger charge is 2.30. The lowest BCUT2D eigenvalue weighted by Crippen LogP contribution is -2.55. The number of H-pyrrole nitrogens is 1. The molecule has 0 bridgehead atoms. The van der Waals surface area contributed by atoms with E-state index >= 15 is 0 Å². The summed E-state index contributed by atoms with van der Waals surface area (Å²) in [7, 11) is -1.82. The summed E-state index contributed by atoms with van der Waals surface area (Å²) in [5.41, 5.74) is 1.78. The molecule has 2 aromatic heterocycles. The second-order valence-corrected chi connectivity index (χ2v) is 8.11. The molecule has 13 heteroatoms. The quantitative estimate of drug-likeness (QED) is 0.173. The van der Waals surface area contributed by atoms with Crippen LogP contribution in [0.3, 0.4) is 0 Å². The van der Waals surface area contributed by atoms with Gasteiger partial charge in [-0.15, -0.1) is 0 Å². The molecule has 1 aromatic carbocycles.